The second-order valence-electron chi connectivity index (χ2n) is 4.44. The Kier molecular flexibility index (Phi) is 2.82. The second kappa shape index (κ2) is 4.33. The number of hydrogen-bond donors (Lipinski definition) is 3. The molecular formula is C12H15N3OS. The molecule has 0 amide bonds. The molecule has 90 valence electrons. The standard InChI is InChI=1S/C12H15N3OS/c1-7-2-3-8-9(4-7)15-12(14-8)17-11-6-13-5-10(11)16/h2-4,10-11,13,16H,5-6H2,1H3,(H,14,15). The highest BCUT2D eigenvalue weighted by molar-refractivity contribution is 7.99. The average Bonchev–Trinajstić information content (AvgIpc) is 2.85. The number of imidazole rings is 1. The minimum absolute atomic E-state index is 0.191. The normalized spacial score (nSPS) is 24.6. The summed E-state index contributed by atoms with van der Waals surface area (Å²) in [6, 6.07) is 6.17. The highest BCUT2D eigenvalue weighted by Crippen LogP contribution is 2.27. The molecule has 2 heterocycles. The Morgan fingerprint density at radius 2 is 2.29 bits per heavy atom. The third kappa shape index (κ3) is 2.18. The van der Waals surface area contributed by atoms with E-state index in [1.54, 1.807) is 11.8 Å². The van der Waals surface area contributed by atoms with Gasteiger partial charge in [0, 0.05) is 13.1 Å². The molecule has 3 N–H and O–H groups in total. The molecule has 0 bridgehead atoms. The van der Waals surface area contributed by atoms with Gasteiger partial charge >= 0.3 is 0 Å². The van der Waals surface area contributed by atoms with E-state index in [1.807, 2.05) is 6.07 Å². The van der Waals surface area contributed by atoms with Crippen LogP contribution in [0.1, 0.15) is 5.56 Å². The number of aryl methyl sites for hydroxylation is 1. The minimum atomic E-state index is -0.282. The fourth-order valence-corrected chi connectivity index (χ4v) is 3.12. The molecule has 2 unspecified atom stereocenters. The number of H-pyrrole nitrogens is 1. The van der Waals surface area contributed by atoms with Crippen LogP contribution in [0, 0.1) is 6.92 Å². The Balaban J connectivity index is 1.85. The van der Waals surface area contributed by atoms with Crippen LogP contribution in [0.5, 0.6) is 0 Å². The van der Waals surface area contributed by atoms with Crippen LogP contribution in [0.3, 0.4) is 0 Å². The van der Waals surface area contributed by atoms with Gasteiger partial charge in [-0.25, -0.2) is 4.98 Å². The van der Waals surface area contributed by atoms with Crippen LogP contribution in [0.15, 0.2) is 23.4 Å². The van der Waals surface area contributed by atoms with E-state index in [0.29, 0.717) is 6.54 Å². The first kappa shape index (κ1) is 11.1. The van der Waals surface area contributed by atoms with Gasteiger partial charge in [-0.2, -0.15) is 0 Å². The molecule has 1 fully saturated rings. The summed E-state index contributed by atoms with van der Waals surface area (Å²) in [6.45, 7) is 3.58. The number of rotatable bonds is 2. The van der Waals surface area contributed by atoms with Crippen LogP contribution in [0.2, 0.25) is 0 Å². The summed E-state index contributed by atoms with van der Waals surface area (Å²) in [6.07, 6.45) is -0.282. The van der Waals surface area contributed by atoms with Crippen molar-refractivity contribution in [2.75, 3.05) is 13.1 Å². The quantitative estimate of drug-likeness (QED) is 0.750. The van der Waals surface area contributed by atoms with Crippen molar-refractivity contribution in [1.82, 2.24) is 15.3 Å². The number of nitrogens with zero attached hydrogens (tertiary/aromatic N) is 1. The monoisotopic (exact) mass is 249 g/mol. The van der Waals surface area contributed by atoms with Crippen LogP contribution in [0.25, 0.3) is 11.0 Å². The van der Waals surface area contributed by atoms with Gasteiger partial charge in [0.05, 0.1) is 22.4 Å². The Morgan fingerprint density at radius 1 is 1.41 bits per heavy atom. The van der Waals surface area contributed by atoms with E-state index in [2.05, 4.69) is 34.3 Å². The van der Waals surface area contributed by atoms with Gasteiger partial charge < -0.3 is 15.4 Å². The molecule has 1 saturated heterocycles. The van der Waals surface area contributed by atoms with Crippen LogP contribution in [0.4, 0.5) is 0 Å². The van der Waals surface area contributed by atoms with E-state index in [0.717, 1.165) is 22.7 Å². The summed E-state index contributed by atoms with van der Waals surface area (Å²) >= 11 is 1.61. The zero-order valence-electron chi connectivity index (χ0n) is 9.60. The van der Waals surface area contributed by atoms with Gasteiger partial charge in [0.25, 0.3) is 0 Å². The van der Waals surface area contributed by atoms with Gasteiger partial charge in [-0.1, -0.05) is 17.8 Å². The van der Waals surface area contributed by atoms with Crippen LogP contribution < -0.4 is 5.32 Å². The maximum atomic E-state index is 9.74. The predicted octanol–water partition coefficient (Wildman–Crippen LogP) is 1.30. The molecule has 4 nitrogen and oxygen atoms in total. The van der Waals surface area contributed by atoms with Crippen molar-refractivity contribution >= 4 is 22.8 Å². The van der Waals surface area contributed by atoms with E-state index in [9.17, 15) is 5.11 Å². The van der Waals surface area contributed by atoms with Crippen molar-refractivity contribution in [2.24, 2.45) is 0 Å². The zero-order chi connectivity index (χ0) is 11.8. The molecule has 17 heavy (non-hydrogen) atoms. The van der Waals surface area contributed by atoms with Crippen LogP contribution >= 0.6 is 11.8 Å². The average molecular weight is 249 g/mol. The van der Waals surface area contributed by atoms with Gasteiger partial charge in [0.1, 0.15) is 0 Å². The van der Waals surface area contributed by atoms with Gasteiger partial charge in [-0.05, 0) is 24.6 Å². The minimum Gasteiger partial charge on any atom is -0.391 e. The lowest BCUT2D eigenvalue weighted by atomic mass is 10.2. The molecule has 2 atom stereocenters. The summed E-state index contributed by atoms with van der Waals surface area (Å²) in [4.78, 5) is 7.82. The number of hydrogen-bond acceptors (Lipinski definition) is 4. The number of thioether (sulfide) groups is 1. The molecule has 0 radical (unpaired) electrons. The lowest BCUT2D eigenvalue weighted by Gasteiger charge is -2.09. The Bertz CT molecular complexity index is 540. The van der Waals surface area contributed by atoms with Gasteiger partial charge in [0.2, 0.25) is 0 Å². The first-order valence-corrected chi connectivity index (χ1v) is 6.62. The van der Waals surface area contributed by atoms with E-state index in [4.69, 9.17) is 0 Å². The fourth-order valence-electron chi connectivity index (χ4n) is 2.06. The maximum absolute atomic E-state index is 9.74. The number of benzene rings is 1. The Hall–Kier alpha value is -1.04. The molecular weight excluding hydrogens is 234 g/mol. The SMILES string of the molecule is Cc1ccc2nc(SC3CNCC3O)[nH]c2c1. The third-order valence-corrected chi connectivity index (χ3v) is 4.21. The number of aromatic nitrogens is 2. The second-order valence-corrected chi connectivity index (χ2v) is 5.67. The number of aliphatic hydroxyl groups is 1. The van der Waals surface area contributed by atoms with Crippen molar-refractivity contribution < 1.29 is 5.11 Å². The molecule has 2 aromatic rings. The lowest BCUT2D eigenvalue weighted by molar-refractivity contribution is 0.201. The first-order chi connectivity index (χ1) is 8.22. The fraction of sp³-hybridized carbons (Fsp3) is 0.417. The molecule has 1 aliphatic heterocycles. The summed E-state index contributed by atoms with van der Waals surface area (Å²) in [5.41, 5.74) is 3.27. The molecule has 0 aliphatic carbocycles. The predicted molar refractivity (Wildman–Crippen MR) is 69.4 cm³/mol. The Morgan fingerprint density at radius 3 is 3.06 bits per heavy atom. The van der Waals surface area contributed by atoms with E-state index in [-0.39, 0.29) is 11.4 Å². The smallest absolute Gasteiger partial charge is 0.166 e. The van der Waals surface area contributed by atoms with Crippen molar-refractivity contribution in [1.29, 1.82) is 0 Å². The zero-order valence-corrected chi connectivity index (χ0v) is 10.4. The number of nitrogens with one attached hydrogen (secondary N) is 2. The summed E-state index contributed by atoms with van der Waals surface area (Å²) in [5, 5.41) is 14.0. The number of aliphatic hydroxyl groups excluding tert-OH is 1. The van der Waals surface area contributed by atoms with E-state index >= 15 is 0 Å². The molecule has 1 aromatic carbocycles. The van der Waals surface area contributed by atoms with Crippen molar-refractivity contribution in [2.45, 2.75) is 23.4 Å². The highest BCUT2D eigenvalue weighted by Gasteiger charge is 2.26. The molecule has 5 heteroatoms. The summed E-state index contributed by atoms with van der Waals surface area (Å²) in [7, 11) is 0. The highest BCUT2D eigenvalue weighted by atomic mass is 32.2. The molecule has 3 rings (SSSR count). The summed E-state index contributed by atoms with van der Waals surface area (Å²) in [5.74, 6) is 0. The third-order valence-electron chi connectivity index (χ3n) is 3.01. The van der Waals surface area contributed by atoms with E-state index < -0.39 is 0 Å². The topological polar surface area (TPSA) is 60.9 Å². The lowest BCUT2D eigenvalue weighted by Crippen LogP contribution is -2.20. The first-order valence-electron chi connectivity index (χ1n) is 5.74. The summed E-state index contributed by atoms with van der Waals surface area (Å²) < 4.78 is 0. The van der Waals surface area contributed by atoms with Crippen molar-refractivity contribution in [3.8, 4) is 0 Å². The van der Waals surface area contributed by atoms with Crippen LogP contribution in [-0.2, 0) is 0 Å². The molecule has 1 aromatic heterocycles. The van der Waals surface area contributed by atoms with E-state index in [1.165, 1.54) is 5.56 Å². The van der Waals surface area contributed by atoms with Gasteiger partial charge in [-0.15, -0.1) is 0 Å². The molecule has 0 saturated carbocycles. The maximum Gasteiger partial charge on any atom is 0.166 e. The molecule has 1 aliphatic rings. The van der Waals surface area contributed by atoms with Gasteiger partial charge in [-0.3, -0.25) is 0 Å². The van der Waals surface area contributed by atoms with Crippen LogP contribution in [-0.4, -0.2) is 39.5 Å². The largest absolute Gasteiger partial charge is 0.391 e. The van der Waals surface area contributed by atoms with Gasteiger partial charge in [0.15, 0.2) is 5.16 Å². The number of aromatic amines is 1. The Labute approximate surface area is 104 Å². The number of fused-ring (bicyclic) bond motifs is 1. The van der Waals surface area contributed by atoms with Crippen molar-refractivity contribution in [3.05, 3.63) is 23.8 Å². The molecule has 0 spiro atoms. The van der Waals surface area contributed by atoms with Crippen molar-refractivity contribution in [3.63, 3.8) is 0 Å². The number of β-amino-alcohol motifs (C(OH)–C–C–N with tert-alkyl or cyclic N) is 1.